The topological polar surface area (TPSA) is 54.7 Å². The van der Waals surface area contributed by atoms with Gasteiger partial charge in [-0.25, -0.2) is 0 Å². The second-order valence-corrected chi connectivity index (χ2v) is 4.90. The number of aromatic amines is 1. The number of nitrogens with zero attached hydrogens (tertiary/aromatic N) is 1. The van der Waals surface area contributed by atoms with Gasteiger partial charge in [-0.1, -0.05) is 38.1 Å². The zero-order chi connectivity index (χ0) is 12.4. The first-order valence-electron chi connectivity index (χ1n) is 5.97. The quantitative estimate of drug-likeness (QED) is 0.849. The van der Waals surface area contributed by atoms with Crippen molar-refractivity contribution in [3.05, 3.63) is 35.4 Å². The maximum absolute atomic E-state index is 5.73. The maximum atomic E-state index is 5.73. The van der Waals surface area contributed by atoms with Crippen LogP contribution in [0.1, 0.15) is 25.0 Å². The van der Waals surface area contributed by atoms with E-state index in [1.807, 2.05) is 6.92 Å². The van der Waals surface area contributed by atoms with Crippen LogP contribution in [-0.4, -0.2) is 10.2 Å². The second kappa shape index (κ2) is 4.62. The van der Waals surface area contributed by atoms with Crippen LogP contribution < -0.4 is 5.73 Å². The Hall–Kier alpha value is -1.77. The maximum Gasteiger partial charge on any atom is 0.148 e. The molecule has 0 aliphatic carbocycles. The average molecular weight is 229 g/mol. The van der Waals surface area contributed by atoms with Crippen molar-refractivity contribution in [2.24, 2.45) is 5.92 Å². The summed E-state index contributed by atoms with van der Waals surface area (Å²) >= 11 is 0. The molecule has 0 amide bonds. The average Bonchev–Trinajstić information content (AvgIpc) is 2.60. The molecule has 0 aliphatic heterocycles. The van der Waals surface area contributed by atoms with Crippen molar-refractivity contribution in [1.29, 1.82) is 0 Å². The van der Waals surface area contributed by atoms with Crippen molar-refractivity contribution in [2.75, 3.05) is 5.73 Å². The molecule has 2 rings (SSSR count). The second-order valence-electron chi connectivity index (χ2n) is 4.90. The fraction of sp³-hybridized carbons (Fsp3) is 0.357. The molecule has 2 aromatic rings. The van der Waals surface area contributed by atoms with E-state index in [0.29, 0.717) is 11.7 Å². The molecule has 0 saturated heterocycles. The van der Waals surface area contributed by atoms with Gasteiger partial charge in [0.25, 0.3) is 0 Å². The lowest BCUT2D eigenvalue weighted by molar-refractivity contribution is 0.647. The number of benzene rings is 1. The van der Waals surface area contributed by atoms with E-state index >= 15 is 0 Å². The Morgan fingerprint density at radius 1 is 1.24 bits per heavy atom. The van der Waals surface area contributed by atoms with Crippen molar-refractivity contribution in [3.63, 3.8) is 0 Å². The van der Waals surface area contributed by atoms with Crippen LogP contribution >= 0.6 is 0 Å². The van der Waals surface area contributed by atoms with Crippen LogP contribution in [0.15, 0.2) is 24.3 Å². The number of nitrogens with two attached hydrogens (primary N) is 1. The molecule has 90 valence electrons. The Labute approximate surface area is 102 Å². The number of aromatic nitrogens is 2. The number of hydrogen-bond donors (Lipinski definition) is 2. The van der Waals surface area contributed by atoms with E-state index in [4.69, 9.17) is 5.73 Å². The SMILES string of the molecule is Cc1c(N)n[nH]c1-c1ccc(CC(C)C)cc1. The molecule has 3 N–H and O–H groups in total. The standard InChI is InChI=1S/C14H19N3/c1-9(2)8-11-4-6-12(7-5-11)13-10(3)14(15)17-16-13/h4-7,9H,8H2,1-3H3,(H3,15,16,17). The normalized spacial score (nSPS) is 11.1. The Morgan fingerprint density at radius 2 is 1.88 bits per heavy atom. The van der Waals surface area contributed by atoms with Crippen molar-refractivity contribution in [2.45, 2.75) is 27.2 Å². The highest BCUT2D eigenvalue weighted by atomic mass is 15.2. The first-order chi connectivity index (χ1) is 8.08. The number of nitrogens with one attached hydrogen (secondary N) is 1. The Morgan fingerprint density at radius 3 is 2.35 bits per heavy atom. The largest absolute Gasteiger partial charge is 0.382 e. The van der Waals surface area contributed by atoms with Gasteiger partial charge in [0.05, 0.1) is 5.69 Å². The lowest BCUT2D eigenvalue weighted by Crippen LogP contribution is -1.93. The zero-order valence-corrected chi connectivity index (χ0v) is 10.6. The van der Waals surface area contributed by atoms with E-state index in [-0.39, 0.29) is 0 Å². The van der Waals surface area contributed by atoms with Gasteiger partial charge < -0.3 is 5.73 Å². The zero-order valence-electron chi connectivity index (χ0n) is 10.6. The molecule has 3 heteroatoms. The van der Waals surface area contributed by atoms with E-state index in [2.05, 4.69) is 48.3 Å². The summed E-state index contributed by atoms with van der Waals surface area (Å²) in [5.41, 5.74) is 10.3. The molecule has 0 radical (unpaired) electrons. The highest BCUT2D eigenvalue weighted by Crippen LogP contribution is 2.24. The summed E-state index contributed by atoms with van der Waals surface area (Å²) in [6, 6.07) is 8.59. The molecule has 1 aromatic heterocycles. The van der Waals surface area contributed by atoms with Gasteiger partial charge in [-0.05, 0) is 30.4 Å². The minimum atomic E-state index is 0.575. The van der Waals surface area contributed by atoms with Gasteiger partial charge >= 0.3 is 0 Å². The minimum absolute atomic E-state index is 0.575. The highest BCUT2D eigenvalue weighted by Gasteiger charge is 2.08. The van der Waals surface area contributed by atoms with Gasteiger partial charge in [-0.15, -0.1) is 0 Å². The summed E-state index contributed by atoms with van der Waals surface area (Å²) in [7, 11) is 0. The van der Waals surface area contributed by atoms with Crippen LogP contribution in [0.5, 0.6) is 0 Å². The molecule has 0 spiro atoms. The molecule has 0 fully saturated rings. The van der Waals surface area contributed by atoms with Crippen LogP contribution in [0.2, 0.25) is 0 Å². The predicted molar refractivity (Wildman–Crippen MR) is 71.7 cm³/mol. The van der Waals surface area contributed by atoms with E-state index in [1.54, 1.807) is 0 Å². The third kappa shape index (κ3) is 2.49. The Kier molecular flexibility index (Phi) is 3.18. The number of H-pyrrole nitrogens is 1. The lowest BCUT2D eigenvalue weighted by Gasteiger charge is -2.06. The summed E-state index contributed by atoms with van der Waals surface area (Å²) in [5.74, 6) is 1.26. The molecule has 0 aliphatic rings. The van der Waals surface area contributed by atoms with Crippen molar-refractivity contribution in [1.82, 2.24) is 10.2 Å². The summed E-state index contributed by atoms with van der Waals surface area (Å²) in [4.78, 5) is 0. The monoisotopic (exact) mass is 229 g/mol. The molecule has 0 bridgehead atoms. The molecule has 3 nitrogen and oxygen atoms in total. The van der Waals surface area contributed by atoms with Crippen LogP contribution in [0.4, 0.5) is 5.82 Å². The first kappa shape index (κ1) is 11.7. The van der Waals surface area contributed by atoms with Gasteiger partial charge in [-0.3, -0.25) is 5.10 Å². The number of hydrogen-bond acceptors (Lipinski definition) is 2. The van der Waals surface area contributed by atoms with Gasteiger partial charge in [0.15, 0.2) is 0 Å². The van der Waals surface area contributed by atoms with Crippen LogP contribution in [-0.2, 0) is 6.42 Å². The fourth-order valence-corrected chi connectivity index (χ4v) is 1.97. The van der Waals surface area contributed by atoms with Crippen LogP contribution in [0.3, 0.4) is 0 Å². The molecule has 0 atom stereocenters. The lowest BCUT2D eigenvalue weighted by atomic mass is 10.0. The van der Waals surface area contributed by atoms with E-state index in [1.165, 1.54) is 5.56 Å². The van der Waals surface area contributed by atoms with E-state index in [0.717, 1.165) is 23.2 Å². The Balaban J connectivity index is 2.26. The molecule has 1 heterocycles. The van der Waals surface area contributed by atoms with Gasteiger partial charge in [0.2, 0.25) is 0 Å². The molecular weight excluding hydrogens is 210 g/mol. The third-order valence-corrected chi connectivity index (χ3v) is 2.93. The number of rotatable bonds is 3. The molecule has 1 aromatic carbocycles. The molecular formula is C14H19N3. The number of nitrogen functional groups attached to an aromatic ring is 1. The van der Waals surface area contributed by atoms with Crippen molar-refractivity contribution in [3.8, 4) is 11.3 Å². The van der Waals surface area contributed by atoms with Crippen LogP contribution in [0, 0.1) is 12.8 Å². The summed E-state index contributed by atoms with van der Waals surface area (Å²) in [5, 5.41) is 6.99. The van der Waals surface area contributed by atoms with Gasteiger partial charge in [0, 0.05) is 5.56 Å². The minimum Gasteiger partial charge on any atom is -0.382 e. The van der Waals surface area contributed by atoms with Crippen LogP contribution in [0.25, 0.3) is 11.3 Å². The Bertz CT molecular complexity index is 495. The van der Waals surface area contributed by atoms with E-state index < -0.39 is 0 Å². The molecule has 0 saturated carbocycles. The molecule has 17 heavy (non-hydrogen) atoms. The summed E-state index contributed by atoms with van der Waals surface area (Å²) in [6.45, 7) is 6.44. The predicted octanol–water partition coefficient (Wildman–Crippen LogP) is 3.17. The third-order valence-electron chi connectivity index (χ3n) is 2.93. The van der Waals surface area contributed by atoms with Crippen molar-refractivity contribution >= 4 is 5.82 Å². The fourth-order valence-electron chi connectivity index (χ4n) is 1.97. The van der Waals surface area contributed by atoms with Crippen molar-refractivity contribution < 1.29 is 0 Å². The van der Waals surface area contributed by atoms with Gasteiger partial charge in [0.1, 0.15) is 5.82 Å². The number of anilines is 1. The smallest absolute Gasteiger partial charge is 0.148 e. The first-order valence-corrected chi connectivity index (χ1v) is 5.97. The van der Waals surface area contributed by atoms with Gasteiger partial charge in [-0.2, -0.15) is 5.10 Å². The summed E-state index contributed by atoms with van der Waals surface area (Å²) < 4.78 is 0. The highest BCUT2D eigenvalue weighted by molar-refractivity contribution is 5.67. The van der Waals surface area contributed by atoms with E-state index in [9.17, 15) is 0 Å². The molecule has 0 unspecified atom stereocenters. The summed E-state index contributed by atoms with van der Waals surface area (Å²) in [6.07, 6.45) is 1.12.